The SMILES string of the molecule is Cc1sc2nc([C@@H](C)OC(=O)c3ccc([N+](=O)[O-])s3)[nH]c(=O)c2c1C. The molecule has 0 radical (unpaired) electrons. The van der Waals surface area contributed by atoms with Crippen molar-refractivity contribution in [3.63, 3.8) is 0 Å². The molecule has 0 spiro atoms. The topological polar surface area (TPSA) is 115 Å². The highest BCUT2D eigenvalue weighted by molar-refractivity contribution is 7.18. The zero-order valence-electron chi connectivity index (χ0n) is 13.5. The van der Waals surface area contributed by atoms with Gasteiger partial charge < -0.3 is 9.72 Å². The van der Waals surface area contributed by atoms with E-state index in [1.807, 2.05) is 13.8 Å². The fraction of sp³-hybridized carbons (Fsp3) is 0.267. The van der Waals surface area contributed by atoms with Crippen LogP contribution in [-0.4, -0.2) is 20.9 Å². The number of ether oxygens (including phenoxy) is 1. The number of hydrogen-bond acceptors (Lipinski definition) is 8. The van der Waals surface area contributed by atoms with E-state index in [0.29, 0.717) is 10.2 Å². The van der Waals surface area contributed by atoms with Crippen LogP contribution in [0.5, 0.6) is 0 Å². The standard InChI is InChI=1S/C15H13N3O5S2/c1-6-8(3)24-14-11(6)13(19)16-12(17-14)7(2)23-15(20)9-4-5-10(25-9)18(21)22/h4-5,7H,1-3H3,(H,16,17,19)/t7-/m1/s1. The molecule has 1 atom stereocenters. The molecular formula is C15H13N3O5S2. The van der Waals surface area contributed by atoms with Crippen LogP contribution >= 0.6 is 22.7 Å². The van der Waals surface area contributed by atoms with Crippen LogP contribution < -0.4 is 5.56 Å². The van der Waals surface area contributed by atoms with Gasteiger partial charge >= 0.3 is 11.0 Å². The van der Waals surface area contributed by atoms with E-state index in [1.165, 1.54) is 23.5 Å². The summed E-state index contributed by atoms with van der Waals surface area (Å²) in [6.45, 7) is 5.35. The highest BCUT2D eigenvalue weighted by atomic mass is 32.1. The molecule has 0 bridgehead atoms. The van der Waals surface area contributed by atoms with Gasteiger partial charge in [0.15, 0.2) is 11.9 Å². The molecule has 3 aromatic heterocycles. The molecule has 0 unspecified atom stereocenters. The van der Waals surface area contributed by atoms with E-state index in [1.54, 1.807) is 6.92 Å². The van der Waals surface area contributed by atoms with Crippen molar-refractivity contribution in [2.24, 2.45) is 0 Å². The average Bonchev–Trinajstić information content (AvgIpc) is 3.13. The van der Waals surface area contributed by atoms with Crippen LogP contribution in [0, 0.1) is 24.0 Å². The zero-order chi connectivity index (χ0) is 18.3. The third kappa shape index (κ3) is 3.17. The maximum Gasteiger partial charge on any atom is 0.349 e. The average molecular weight is 379 g/mol. The van der Waals surface area contributed by atoms with Crippen LogP contribution in [0.2, 0.25) is 0 Å². The summed E-state index contributed by atoms with van der Waals surface area (Å²) >= 11 is 2.14. The fourth-order valence-electron chi connectivity index (χ4n) is 2.27. The lowest BCUT2D eigenvalue weighted by molar-refractivity contribution is -0.380. The van der Waals surface area contributed by atoms with Gasteiger partial charge in [-0.3, -0.25) is 14.9 Å². The minimum Gasteiger partial charge on any atom is -0.450 e. The van der Waals surface area contributed by atoms with Gasteiger partial charge in [0.1, 0.15) is 9.71 Å². The van der Waals surface area contributed by atoms with E-state index >= 15 is 0 Å². The minimum absolute atomic E-state index is 0.116. The molecule has 0 saturated carbocycles. The number of thiophene rings is 2. The number of fused-ring (bicyclic) bond motifs is 1. The maximum atomic E-state index is 12.3. The van der Waals surface area contributed by atoms with Crippen LogP contribution in [-0.2, 0) is 4.74 Å². The Bertz CT molecular complexity index is 1050. The predicted octanol–water partition coefficient (Wildman–Crippen LogP) is 3.49. The van der Waals surface area contributed by atoms with E-state index in [2.05, 4.69) is 9.97 Å². The summed E-state index contributed by atoms with van der Waals surface area (Å²) < 4.78 is 5.28. The highest BCUT2D eigenvalue weighted by Crippen LogP contribution is 2.28. The van der Waals surface area contributed by atoms with Crippen molar-refractivity contribution in [2.75, 3.05) is 0 Å². The number of nitrogens with one attached hydrogen (secondary N) is 1. The number of aryl methyl sites for hydroxylation is 2. The number of nitro groups is 1. The number of carbonyl (C=O) groups excluding carboxylic acids is 1. The molecule has 0 aromatic carbocycles. The predicted molar refractivity (Wildman–Crippen MR) is 94.5 cm³/mol. The number of aromatic amines is 1. The normalized spacial score (nSPS) is 12.3. The number of aromatic nitrogens is 2. The molecule has 0 aliphatic carbocycles. The van der Waals surface area contributed by atoms with Gasteiger partial charge in [0, 0.05) is 10.9 Å². The molecule has 130 valence electrons. The smallest absolute Gasteiger partial charge is 0.349 e. The lowest BCUT2D eigenvalue weighted by Gasteiger charge is -2.11. The first-order chi connectivity index (χ1) is 11.8. The monoisotopic (exact) mass is 379 g/mol. The summed E-state index contributed by atoms with van der Waals surface area (Å²) in [5.41, 5.74) is 0.604. The Morgan fingerprint density at radius 1 is 1.36 bits per heavy atom. The molecule has 8 nitrogen and oxygen atoms in total. The van der Waals surface area contributed by atoms with E-state index in [0.717, 1.165) is 21.8 Å². The number of hydrogen-bond donors (Lipinski definition) is 1. The Balaban J connectivity index is 1.86. The Kier molecular flexibility index (Phi) is 4.39. The quantitative estimate of drug-likeness (QED) is 0.421. The minimum atomic E-state index is -0.798. The molecule has 3 rings (SSSR count). The first-order valence-corrected chi connectivity index (χ1v) is 8.86. The van der Waals surface area contributed by atoms with Gasteiger partial charge in [-0.05, 0) is 32.4 Å². The van der Waals surface area contributed by atoms with Crippen LogP contribution in [0.15, 0.2) is 16.9 Å². The summed E-state index contributed by atoms with van der Waals surface area (Å²) in [4.78, 5) is 43.2. The summed E-state index contributed by atoms with van der Waals surface area (Å²) in [7, 11) is 0. The molecule has 0 amide bonds. The van der Waals surface area contributed by atoms with Crippen LogP contribution in [0.4, 0.5) is 5.00 Å². The van der Waals surface area contributed by atoms with Gasteiger partial charge in [-0.1, -0.05) is 11.3 Å². The lowest BCUT2D eigenvalue weighted by atomic mass is 10.2. The van der Waals surface area contributed by atoms with Gasteiger partial charge in [-0.25, -0.2) is 9.78 Å². The maximum absolute atomic E-state index is 12.3. The Hall–Kier alpha value is -2.59. The Morgan fingerprint density at radius 2 is 2.08 bits per heavy atom. The highest BCUT2D eigenvalue weighted by Gasteiger charge is 2.21. The number of carbonyl (C=O) groups is 1. The number of nitrogens with zero attached hydrogens (tertiary/aromatic N) is 2. The van der Waals surface area contributed by atoms with Crippen molar-refractivity contribution < 1.29 is 14.5 Å². The molecule has 0 aliphatic rings. The van der Waals surface area contributed by atoms with Crippen molar-refractivity contribution >= 4 is 43.9 Å². The molecular weight excluding hydrogens is 366 g/mol. The summed E-state index contributed by atoms with van der Waals surface area (Å²) in [6.07, 6.45) is -0.798. The molecule has 0 fully saturated rings. The number of esters is 1. The lowest BCUT2D eigenvalue weighted by Crippen LogP contribution is -2.16. The van der Waals surface area contributed by atoms with E-state index in [-0.39, 0.29) is 21.3 Å². The summed E-state index contributed by atoms with van der Waals surface area (Å²) in [6, 6.07) is 2.58. The number of rotatable bonds is 4. The van der Waals surface area contributed by atoms with Crippen molar-refractivity contribution in [2.45, 2.75) is 26.9 Å². The van der Waals surface area contributed by atoms with Crippen LogP contribution in [0.3, 0.4) is 0 Å². The van der Waals surface area contributed by atoms with E-state index in [4.69, 9.17) is 4.74 Å². The van der Waals surface area contributed by atoms with Crippen molar-refractivity contribution in [1.29, 1.82) is 0 Å². The van der Waals surface area contributed by atoms with E-state index in [9.17, 15) is 19.7 Å². The molecule has 0 aliphatic heterocycles. The molecule has 1 N–H and O–H groups in total. The Labute approximate surface area is 149 Å². The molecule has 3 heterocycles. The summed E-state index contributed by atoms with van der Waals surface area (Å²) in [5.74, 6) is -0.468. The van der Waals surface area contributed by atoms with Gasteiger partial charge in [0.2, 0.25) is 0 Å². The van der Waals surface area contributed by atoms with Crippen LogP contribution in [0.1, 0.15) is 39.0 Å². The largest absolute Gasteiger partial charge is 0.450 e. The molecule has 10 heteroatoms. The summed E-state index contributed by atoms with van der Waals surface area (Å²) in [5, 5.41) is 11.1. The third-order valence-electron chi connectivity index (χ3n) is 3.70. The van der Waals surface area contributed by atoms with Gasteiger partial charge in [0.05, 0.1) is 10.3 Å². The first kappa shape index (κ1) is 17.2. The van der Waals surface area contributed by atoms with Gasteiger partial charge in [-0.2, -0.15) is 0 Å². The van der Waals surface area contributed by atoms with Crippen molar-refractivity contribution in [3.8, 4) is 0 Å². The van der Waals surface area contributed by atoms with Crippen molar-refractivity contribution in [1.82, 2.24) is 9.97 Å². The number of H-pyrrole nitrogens is 1. The van der Waals surface area contributed by atoms with Crippen molar-refractivity contribution in [3.05, 3.63) is 53.7 Å². The zero-order valence-corrected chi connectivity index (χ0v) is 15.1. The molecule has 25 heavy (non-hydrogen) atoms. The second-order valence-electron chi connectivity index (χ2n) is 5.36. The van der Waals surface area contributed by atoms with Gasteiger partial charge in [0.25, 0.3) is 5.56 Å². The van der Waals surface area contributed by atoms with Crippen LogP contribution in [0.25, 0.3) is 10.2 Å². The second kappa shape index (κ2) is 6.37. The molecule has 3 aromatic rings. The molecule has 0 saturated heterocycles. The van der Waals surface area contributed by atoms with Gasteiger partial charge in [-0.15, -0.1) is 11.3 Å². The first-order valence-electron chi connectivity index (χ1n) is 7.23. The van der Waals surface area contributed by atoms with E-state index < -0.39 is 17.0 Å². The fourth-order valence-corrected chi connectivity index (χ4v) is 4.01. The third-order valence-corrected chi connectivity index (χ3v) is 5.82. The Morgan fingerprint density at radius 3 is 2.72 bits per heavy atom. The second-order valence-corrected chi connectivity index (χ2v) is 7.62.